The number of rotatable bonds is 3. The number of para-hydroxylation sites is 2. The zero-order valence-electron chi connectivity index (χ0n) is 22.2. The van der Waals surface area contributed by atoms with Gasteiger partial charge in [0.1, 0.15) is 6.17 Å². The Morgan fingerprint density at radius 2 is 1.08 bits per heavy atom. The van der Waals surface area contributed by atoms with Gasteiger partial charge in [0, 0.05) is 27.9 Å². The van der Waals surface area contributed by atoms with Crippen molar-refractivity contribution < 1.29 is 0 Å². The van der Waals surface area contributed by atoms with Crippen molar-refractivity contribution in [2.24, 2.45) is 0 Å². The van der Waals surface area contributed by atoms with Crippen LogP contribution in [0, 0.1) is 13.8 Å². The molecule has 4 heteroatoms. The molecule has 4 nitrogen and oxygen atoms in total. The van der Waals surface area contributed by atoms with Gasteiger partial charge in [-0.25, -0.2) is 9.97 Å². The fourth-order valence-electron chi connectivity index (χ4n) is 6.25. The van der Waals surface area contributed by atoms with E-state index in [9.17, 15) is 0 Å². The number of aromatic nitrogens is 2. The lowest BCUT2D eigenvalue weighted by atomic mass is 9.83. The van der Waals surface area contributed by atoms with Gasteiger partial charge >= 0.3 is 0 Å². The SMILES string of the molecule is Cc1ccccc1-c1nc2c(nc1-c1ccccc1C)N1c3ccccc3C(C)(C)C1N2c1ccccc1. The van der Waals surface area contributed by atoms with Crippen LogP contribution in [0.15, 0.2) is 103 Å². The molecule has 0 fully saturated rings. The van der Waals surface area contributed by atoms with Gasteiger partial charge in [0.15, 0.2) is 11.6 Å². The Balaban J connectivity index is 1.58. The van der Waals surface area contributed by atoms with E-state index in [4.69, 9.17) is 9.97 Å². The van der Waals surface area contributed by atoms with Gasteiger partial charge in [-0.05, 0) is 48.7 Å². The Kier molecular flexibility index (Phi) is 4.96. The molecule has 38 heavy (non-hydrogen) atoms. The summed E-state index contributed by atoms with van der Waals surface area (Å²) >= 11 is 0. The minimum atomic E-state index is -0.152. The Morgan fingerprint density at radius 1 is 0.579 bits per heavy atom. The number of hydrogen-bond donors (Lipinski definition) is 0. The molecule has 2 aliphatic rings. The summed E-state index contributed by atoms with van der Waals surface area (Å²) in [6.45, 7) is 8.98. The third-order valence-electron chi connectivity index (χ3n) is 8.14. The van der Waals surface area contributed by atoms with Gasteiger partial charge in [0.2, 0.25) is 0 Å². The van der Waals surface area contributed by atoms with E-state index in [0.717, 1.165) is 39.8 Å². The molecular formula is C34H30N4. The van der Waals surface area contributed by atoms with Crippen LogP contribution in [-0.4, -0.2) is 16.1 Å². The lowest BCUT2D eigenvalue weighted by Gasteiger charge is -2.36. The van der Waals surface area contributed by atoms with Crippen LogP contribution < -0.4 is 9.80 Å². The molecule has 1 aromatic heterocycles. The smallest absolute Gasteiger partial charge is 0.179 e. The molecule has 0 saturated carbocycles. The zero-order valence-corrected chi connectivity index (χ0v) is 22.2. The van der Waals surface area contributed by atoms with Gasteiger partial charge in [-0.15, -0.1) is 0 Å². The maximum atomic E-state index is 5.51. The Bertz CT molecular complexity index is 1620. The van der Waals surface area contributed by atoms with Crippen LogP contribution in [0.5, 0.6) is 0 Å². The summed E-state index contributed by atoms with van der Waals surface area (Å²) in [6.07, 6.45) is 0.0224. The van der Waals surface area contributed by atoms with Gasteiger partial charge in [0.25, 0.3) is 0 Å². The molecule has 0 spiro atoms. The molecule has 0 saturated heterocycles. The summed E-state index contributed by atoms with van der Waals surface area (Å²) in [7, 11) is 0. The minimum Gasteiger partial charge on any atom is -0.301 e. The monoisotopic (exact) mass is 494 g/mol. The molecule has 1 unspecified atom stereocenters. The lowest BCUT2D eigenvalue weighted by molar-refractivity contribution is 0.449. The van der Waals surface area contributed by atoms with Crippen LogP contribution >= 0.6 is 0 Å². The van der Waals surface area contributed by atoms with E-state index in [-0.39, 0.29) is 11.6 Å². The average Bonchev–Trinajstić information content (AvgIpc) is 3.39. The minimum absolute atomic E-state index is 0.0224. The molecular weight excluding hydrogens is 464 g/mol. The van der Waals surface area contributed by atoms with E-state index in [1.807, 2.05) is 0 Å². The first-order chi connectivity index (χ1) is 18.5. The van der Waals surface area contributed by atoms with Crippen molar-refractivity contribution in [1.29, 1.82) is 0 Å². The van der Waals surface area contributed by atoms with Crippen LogP contribution in [0.4, 0.5) is 23.0 Å². The normalized spacial score (nSPS) is 16.8. The molecule has 0 bridgehead atoms. The summed E-state index contributed by atoms with van der Waals surface area (Å²) in [4.78, 5) is 15.8. The van der Waals surface area contributed by atoms with Crippen molar-refractivity contribution in [3.63, 3.8) is 0 Å². The predicted octanol–water partition coefficient (Wildman–Crippen LogP) is 8.33. The molecule has 0 amide bonds. The molecule has 2 aliphatic heterocycles. The quantitative estimate of drug-likeness (QED) is 0.252. The van der Waals surface area contributed by atoms with Crippen molar-refractivity contribution in [3.8, 4) is 22.5 Å². The Labute approximate surface area is 224 Å². The number of anilines is 4. The van der Waals surface area contributed by atoms with Crippen LogP contribution in [0.2, 0.25) is 0 Å². The van der Waals surface area contributed by atoms with Crippen molar-refractivity contribution in [3.05, 3.63) is 120 Å². The number of benzene rings is 4. The highest BCUT2D eigenvalue weighted by Gasteiger charge is 2.55. The fraction of sp³-hybridized carbons (Fsp3) is 0.176. The summed E-state index contributed by atoms with van der Waals surface area (Å²) in [5.41, 5.74) is 9.95. The molecule has 0 radical (unpaired) electrons. The van der Waals surface area contributed by atoms with Crippen molar-refractivity contribution in [2.45, 2.75) is 39.3 Å². The summed E-state index contributed by atoms with van der Waals surface area (Å²) < 4.78 is 0. The van der Waals surface area contributed by atoms with E-state index in [1.54, 1.807) is 0 Å². The highest BCUT2D eigenvalue weighted by Crippen LogP contribution is 2.58. The van der Waals surface area contributed by atoms with E-state index in [0.29, 0.717) is 0 Å². The third-order valence-corrected chi connectivity index (χ3v) is 8.14. The summed E-state index contributed by atoms with van der Waals surface area (Å²) in [5, 5.41) is 0. The second kappa shape index (κ2) is 8.29. The Morgan fingerprint density at radius 3 is 1.68 bits per heavy atom. The first-order valence-corrected chi connectivity index (χ1v) is 13.2. The maximum Gasteiger partial charge on any atom is 0.179 e. The van der Waals surface area contributed by atoms with Crippen molar-refractivity contribution >= 4 is 23.0 Å². The molecule has 0 aliphatic carbocycles. The van der Waals surface area contributed by atoms with Crippen LogP contribution in [0.3, 0.4) is 0 Å². The molecule has 4 aromatic carbocycles. The van der Waals surface area contributed by atoms with Crippen LogP contribution in [-0.2, 0) is 5.41 Å². The number of nitrogens with zero attached hydrogens (tertiary/aromatic N) is 4. The molecule has 186 valence electrons. The standard InChI is InChI=1S/C34H30N4/c1-22-14-8-10-18-25(22)29-30(26-19-11-9-15-23(26)2)36-32-31(35-29)37(24-16-6-5-7-17-24)33-34(3,4)27-20-12-13-21-28(27)38(32)33/h5-21,33H,1-4H3. The lowest BCUT2D eigenvalue weighted by Crippen LogP contribution is -2.46. The largest absolute Gasteiger partial charge is 0.301 e. The Hall–Kier alpha value is -4.44. The second-order valence-corrected chi connectivity index (χ2v) is 10.9. The van der Waals surface area contributed by atoms with E-state index < -0.39 is 0 Å². The van der Waals surface area contributed by atoms with Gasteiger partial charge in [-0.1, -0.05) is 98.8 Å². The van der Waals surface area contributed by atoms with E-state index >= 15 is 0 Å². The second-order valence-electron chi connectivity index (χ2n) is 10.9. The van der Waals surface area contributed by atoms with E-state index in [1.165, 1.54) is 22.4 Å². The van der Waals surface area contributed by atoms with Gasteiger partial charge in [-0.3, -0.25) is 0 Å². The molecule has 7 rings (SSSR count). The van der Waals surface area contributed by atoms with Gasteiger partial charge in [0.05, 0.1) is 11.4 Å². The number of aryl methyl sites for hydroxylation is 2. The third kappa shape index (κ3) is 3.16. The molecule has 5 aromatic rings. The first kappa shape index (κ1) is 22.7. The van der Waals surface area contributed by atoms with Crippen LogP contribution in [0.25, 0.3) is 22.5 Å². The van der Waals surface area contributed by atoms with Gasteiger partial charge in [-0.2, -0.15) is 0 Å². The molecule has 0 N–H and O–H groups in total. The first-order valence-electron chi connectivity index (χ1n) is 13.2. The maximum absolute atomic E-state index is 5.51. The van der Waals surface area contributed by atoms with Crippen molar-refractivity contribution in [1.82, 2.24) is 9.97 Å². The van der Waals surface area contributed by atoms with Crippen molar-refractivity contribution in [2.75, 3.05) is 9.80 Å². The topological polar surface area (TPSA) is 32.3 Å². The zero-order chi connectivity index (χ0) is 26.0. The molecule has 1 atom stereocenters. The highest BCUT2D eigenvalue weighted by atomic mass is 15.5. The van der Waals surface area contributed by atoms with Crippen LogP contribution in [0.1, 0.15) is 30.5 Å². The summed E-state index contributed by atoms with van der Waals surface area (Å²) in [5.74, 6) is 1.81. The highest BCUT2D eigenvalue weighted by molar-refractivity contribution is 5.93. The van der Waals surface area contributed by atoms with Gasteiger partial charge < -0.3 is 9.80 Å². The average molecular weight is 495 g/mol. The molecule has 3 heterocycles. The fourth-order valence-corrected chi connectivity index (χ4v) is 6.25. The number of hydrogen-bond acceptors (Lipinski definition) is 4. The summed E-state index contributed by atoms with van der Waals surface area (Å²) in [6, 6.07) is 36.3. The predicted molar refractivity (Wildman–Crippen MR) is 156 cm³/mol. The van der Waals surface area contributed by atoms with E-state index in [2.05, 4.69) is 141 Å². The number of fused-ring (bicyclic) bond motifs is 5.